The summed E-state index contributed by atoms with van der Waals surface area (Å²) in [5.74, 6) is -0.388. The number of rotatable bonds is 6. The first-order chi connectivity index (χ1) is 8.97. The molecular formula is C14H25ClN2O3. The summed E-state index contributed by atoms with van der Waals surface area (Å²) in [6.07, 6.45) is 2.91. The van der Waals surface area contributed by atoms with Gasteiger partial charge in [0.25, 0.3) is 0 Å². The monoisotopic (exact) mass is 304 g/mol. The van der Waals surface area contributed by atoms with Crippen LogP contribution in [0.4, 0.5) is 0 Å². The van der Waals surface area contributed by atoms with Gasteiger partial charge in [-0.25, -0.2) is 0 Å². The number of carboxylic acids is 1. The van der Waals surface area contributed by atoms with Gasteiger partial charge in [0.15, 0.2) is 0 Å². The lowest BCUT2D eigenvalue weighted by Crippen LogP contribution is -2.42. The van der Waals surface area contributed by atoms with Gasteiger partial charge >= 0.3 is 5.97 Å². The molecule has 6 heteroatoms. The van der Waals surface area contributed by atoms with Crippen molar-refractivity contribution in [2.24, 2.45) is 11.8 Å². The zero-order valence-corrected chi connectivity index (χ0v) is 13.1. The predicted molar refractivity (Wildman–Crippen MR) is 79.0 cm³/mol. The van der Waals surface area contributed by atoms with Crippen molar-refractivity contribution in [3.63, 3.8) is 0 Å². The Kier molecular flexibility index (Phi) is 6.27. The maximum absolute atomic E-state index is 12.3. The summed E-state index contributed by atoms with van der Waals surface area (Å²) in [5.41, 5.74) is 0. The zero-order chi connectivity index (χ0) is 14.0. The lowest BCUT2D eigenvalue weighted by Gasteiger charge is -2.26. The number of amides is 1. The van der Waals surface area contributed by atoms with Gasteiger partial charge in [-0.2, -0.15) is 0 Å². The predicted octanol–water partition coefficient (Wildman–Crippen LogP) is 1.46. The average Bonchev–Trinajstić information content (AvgIpc) is 3.05. The van der Waals surface area contributed by atoms with Crippen LogP contribution in [0.1, 0.15) is 33.1 Å². The van der Waals surface area contributed by atoms with Crippen LogP contribution in [0.15, 0.2) is 0 Å². The van der Waals surface area contributed by atoms with Crippen molar-refractivity contribution in [3.05, 3.63) is 0 Å². The number of hydrogen-bond acceptors (Lipinski definition) is 3. The molecule has 2 fully saturated rings. The Morgan fingerprint density at radius 1 is 1.30 bits per heavy atom. The normalized spacial score (nSPS) is 22.6. The van der Waals surface area contributed by atoms with Gasteiger partial charge in [-0.05, 0) is 31.7 Å². The molecule has 5 nitrogen and oxygen atoms in total. The Morgan fingerprint density at radius 2 is 1.95 bits per heavy atom. The number of carboxylic acid groups (broad SMARTS) is 1. The van der Waals surface area contributed by atoms with Crippen molar-refractivity contribution in [2.45, 2.75) is 39.2 Å². The van der Waals surface area contributed by atoms with Crippen molar-refractivity contribution in [1.82, 2.24) is 9.80 Å². The van der Waals surface area contributed by atoms with E-state index < -0.39 is 5.97 Å². The third-order valence-corrected chi connectivity index (χ3v) is 3.85. The van der Waals surface area contributed by atoms with Gasteiger partial charge in [0.1, 0.15) is 0 Å². The van der Waals surface area contributed by atoms with Gasteiger partial charge in [0.05, 0.1) is 12.5 Å². The van der Waals surface area contributed by atoms with Crippen LogP contribution in [-0.2, 0) is 9.59 Å². The van der Waals surface area contributed by atoms with Crippen LogP contribution < -0.4 is 0 Å². The van der Waals surface area contributed by atoms with E-state index in [4.69, 9.17) is 5.11 Å². The van der Waals surface area contributed by atoms with E-state index >= 15 is 0 Å². The lowest BCUT2D eigenvalue weighted by atomic mass is 10.1. The van der Waals surface area contributed by atoms with E-state index in [0.29, 0.717) is 31.5 Å². The van der Waals surface area contributed by atoms with Crippen LogP contribution in [0.25, 0.3) is 0 Å². The zero-order valence-electron chi connectivity index (χ0n) is 12.2. The van der Waals surface area contributed by atoms with Crippen molar-refractivity contribution < 1.29 is 14.7 Å². The van der Waals surface area contributed by atoms with Gasteiger partial charge in [-0.3, -0.25) is 14.5 Å². The molecule has 1 amide bonds. The third-order valence-electron chi connectivity index (χ3n) is 3.85. The molecule has 2 rings (SSSR count). The van der Waals surface area contributed by atoms with Crippen molar-refractivity contribution in [2.75, 3.05) is 26.2 Å². The van der Waals surface area contributed by atoms with Crippen molar-refractivity contribution in [3.8, 4) is 0 Å². The van der Waals surface area contributed by atoms with Crippen LogP contribution in [-0.4, -0.2) is 59.0 Å². The Labute approximate surface area is 126 Å². The number of carbonyl (C=O) groups excluding carboxylic acids is 1. The van der Waals surface area contributed by atoms with Crippen LogP contribution in [0.3, 0.4) is 0 Å². The van der Waals surface area contributed by atoms with Crippen LogP contribution in [0, 0.1) is 11.8 Å². The molecule has 0 radical (unpaired) electrons. The highest BCUT2D eigenvalue weighted by molar-refractivity contribution is 5.85. The summed E-state index contributed by atoms with van der Waals surface area (Å²) < 4.78 is 0. The molecule has 0 aromatic carbocycles. The molecule has 2 aliphatic rings. The first-order valence-corrected chi connectivity index (χ1v) is 7.22. The number of carbonyl (C=O) groups is 2. The molecule has 1 atom stereocenters. The number of hydrogen-bond donors (Lipinski definition) is 1. The molecule has 0 aromatic heterocycles. The summed E-state index contributed by atoms with van der Waals surface area (Å²) in [5, 5.41) is 8.97. The molecule has 1 saturated carbocycles. The highest BCUT2D eigenvalue weighted by Gasteiger charge is 2.35. The van der Waals surface area contributed by atoms with E-state index in [1.165, 1.54) is 0 Å². The summed E-state index contributed by atoms with van der Waals surface area (Å²) in [4.78, 5) is 27.2. The van der Waals surface area contributed by atoms with Crippen LogP contribution in [0.5, 0.6) is 0 Å². The van der Waals surface area contributed by atoms with E-state index in [2.05, 4.69) is 13.8 Å². The molecule has 1 unspecified atom stereocenters. The van der Waals surface area contributed by atoms with Gasteiger partial charge in [-0.1, -0.05) is 13.8 Å². The Balaban J connectivity index is 0.00000200. The number of aliphatic carboxylic acids is 1. The minimum Gasteiger partial charge on any atom is -0.481 e. The Bertz CT molecular complexity index is 358. The number of halogens is 1. The van der Waals surface area contributed by atoms with Gasteiger partial charge in [-0.15, -0.1) is 12.4 Å². The molecule has 0 aromatic rings. The molecule has 116 valence electrons. The maximum atomic E-state index is 12.3. The van der Waals surface area contributed by atoms with E-state index in [9.17, 15) is 9.59 Å². The second kappa shape index (κ2) is 7.27. The standard InChI is InChI=1S/C14H24N2O3.ClH/c1-10(2)7-16(12-3-4-12)13(17)9-15-6-5-11(8-15)14(18)19;/h10-12H,3-9H2,1-2H3,(H,18,19);1H. The molecule has 1 saturated heterocycles. The molecule has 0 spiro atoms. The summed E-state index contributed by atoms with van der Waals surface area (Å²) in [6.45, 7) is 6.69. The Morgan fingerprint density at radius 3 is 2.40 bits per heavy atom. The fraction of sp³-hybridized carbons (Fsp3) is 0.857. The molecule has 1 aliphatic carbocycles. The van der Waals surface area contributed by atoms with Crippen molar-refractivity contribution in [1.29, 1.82) is 0 Å². The third kappa shape index (κ3) is 4.63. The highest BCUT2D eigenvalue weighted by atomic mass is 35.5. The van der Waals surface area contributed by atoms with E-state index in [1.54, 1.807) is 0 Å². The number of likely N-dealkylation sites (tertiary alicyclic amines) is 1. The highest BCUT2D eigenvalue weighted by Crippen LogP contribution is 2.28. The maximum Gasteiger partial charge on any atom is 0.307 e. The smallest absolute Gasteiger partial charge is 0.307 e. The molecule has 1 aliphatic heterocycles. The van der Waals surface area contributed by atoms with Crippen LogP contribution >= 0.6 is 12.4 Å². The summed E-state index contributed by atoms with van der Waals surface area (Å²) in [7, 11) is 0. The van der Waals surface area contributed by atoms with Gasteiger partial charge in [0.2, 0.25) is 5.91 Å². The molecule has 0 bridgehead atoms. The second-order valence-corrected chi connectivity index (χ2v) is 6.23. The SMILES string of the molecule is CC(C)CN(C(=O)CN1CCC(C(=O)O)C1)C1CC1.Cl. The summed E-state index contributed by atoms with van der Waals surface area (Å²) in [6, 6.07) is 0.438. The molecule has 1 heterocycles. The quantitative estimate of drug-likeness (QED) is 0.807. The molecule has 20 heavy (non-hydrogen) atoms. The fourth-order valence-corrected chi connectivity index (χ4v) is 2.69. The molecule has 1 N–H and O–H groups in total. The minimum atomic E-state index is -0.740. The van der Waals surface area contributed by atoms with Crippen molar-refractivity contribution >= 4 is 24.3 Å². The minimum absolute atomic E-state index is 0. The van der Waals surface area contributed by atoms with Crippen LogP contribution in [0.2, 0.25) is 0 Å². The first kappa shape index (κ1) is 17.2. The average molecular weight is 305 g/mol. The fourth-order valence-electron chi connectivity index (χ4n) is 2.69. The lowest BCUT2D eigenvalue weighted by molar-refractivity contribution is -0.141. The van der Waals surface area contributed by atoms with E-state index in [-0.39, 0.29) is 24.2 Å². The largest absolute Gasteiger partial charge is 0.481 e. The van der Waals surface area contributed by atoms with E-state index in [0.717, 1.165) is 25.9 Å². The topological polar surface area (TPSA) is 60.9 Å². The van der Waals surface area contributed by atoms with Gasteiger partial charge in [0, 0.05) is 19.1 Å². The molecular weight excluding hydrogens is 280 g/mol. The summed E-state index contributed by atoms with van der Waals surface area (Å²) >= 11 is 0. The number of nitrogens with zero attached hydrogens (tertiary/aromatic N) is 2. The first-order valence-electron chi connectivity index (χ1n) is 7.22. The second-order valence-electron chi connectivity index (χ2n) is 6.23. The Hall–Kier alpha value is -0.810. The van der Waals surface area contributed by atoms with Gasteiger partial charge < -0.3 is 10.0 Å². The van der Waals surface area contributed by atoms with E-state index in [1.807, 2.05) is 9.80 Å².